The molecule has 22 heavy (non-hydrogen) atoms. The van der Waals surface area contributed by atoms with E-state index in [1.165, 1.54) is 5.56 Å². The molecular weight excluding hydrogens is 274 g/mol. The van der Waals surface area contributed by atoms with Gasteiger partial charge in [0.05, 0.1) is 19.9 Å². The fourth-order valence-electron chi connectivity index (χ4n) is 2.19. The molecule has 3 nitrogen and oxygen atoms in total. The summed E-state index contributed by atoms with van der Waals surface area (Å²) in [5.41, 5.74) is 3.21. The number of hydrogen-bond donors (Lipinski definition) is 0. The van der Waals surface area contributed by atoms with E-state index < -0.39 is 0 Å². The van der Waals surface area contributed by atoms with Crippen molar-refractivity contribution < 1.29 is 9.47 Å². The van der Waals surface area contributed by atoms with E-state index in [0.29, 0.717) is 5.92 Å². The molecule has 0 bridgehead atoms. The van der Waals surface area contributed by atoms with Gasteiger partial charge in [-0.05, 0) is 42.2 Å². The molecule has 1 unspecified atom stereocenters. The van der Waals surface area contributed by atoms with Gasteiger partial charge in [0.1, 0.15) is 11.5 Å². The summed E-state index contributed by atoms with van der Waals surface area (Å²) in [6.07, 6.45) is 2.96. The van der Waals surface area contributed by atoms with E-state index in [0.717, 1.165) is 29.2 Å². The van der Waals surface area contributed by atoms with E-state index in [1.807, 2.05) is 36.5 Å². The Bertz CT molecular complexity index is 632. The Hall–Kier alpha value is -2.29. The standard InChI is InChI=1S/C19H23NO2/c1-5-14(2)15-6-9-17(10-7-15)20-13-16-8-11-18(21-3)12-19(16)22-4/h6-14H,5H2,1-4H3. The van der Waals surface area contributed by atoms with E-state index in [4.69, 9.17) is 9.47 Å². The van der Waals surface area contributed by atoms with Gasteiger partial charge in [-0.25, -0.2) is 0 Å². The van der Waals surface area contributed by atoms with Crippen LogP contribution in [0.2, 0.25) is 0 Å². The first-order chi connectivity index (χ1) is 10.7. The molecule has 3 heteroatoms. The Kier molecular flexibility index (Phi) is 5.59. The number of hydrogen-bond acceptors (Lipinski definition) is 3. The van der Waals surface area contributed by atoms with Crippen LogP contribution in [0.3, 0.4) is 0 Å². The van der Waals surface area contributed by atoms with Crippen molar-refractivity contribution in [2.45, 2.75) is 26.2 Å². The molecule has 2 aromatic carbocycles. The third-order valence-corrected chi connectivity index (χ3v) is 3.87. The Labute approximate surface area is 132 Å². The zero-order valence-electron chi connectivity index (χ0n) is 13.7. The highest BCUT2D eigenvalue weighted by molar-refractivity contribution is 5.85. The van der Waals surface area contributed by atoms with Gasteiger partial charge < -0.3 is 9.47 Å². The van der Waals surface area contributed by atoms with E-state index in [1.54, 1.807) is 14.2 Å². The maximum atomic E-state index is 5.37. The van der Waals surface area contributed by atoms with Crippen LogP contribution in [0.25, 0.3) is 0 Å². The lowest BCUT2D eigenvalue weighted by Gasteiger charge is -2.08. The number of aliphatic imine (C=N–C) groups is 1. The Morgan fingerprint density at radius 2 is 1.77 bits per heavy atom. The molecule has 0 saturated carbocycles. The highest BCUT2D eigenvalue weighted by atomic mass is 16.5. The average molecular weight is 297 g/mol. The van der Waals surface area contributed by atoms with Gasteiger partial charge in [0.25, 0.3) is 0 Å². The molecule has 0 N–H and O–H groups in total. The quantitative estimate of drug-likeness (QED) is 0.705. The lowest BCUT2D eigenvalue weighted by Crippen LogP contribution is -1.92. The van der Waals surface area contributed by atoms with Crippen LogP contribution < -0.4 is 9.47 Å². The fraction of sp³-hybridized carbons (Fsp3) is 0.316. The highest BCUT2D eigenvalue weighted by Crippen LogP contribution is 2.25. The van der Waals surface area contributed by atoms with Gasteiger partial charge in [-0.15, -0.1) is 0 Å². The van der Waals surface area contributed by atoms with Crippen LogP contribution in [0, 0.1) is 0 Å². The monoisotopic (exact) mass is 297 g/mol. The molecule has 116 valence electrons. The van der Waals surface area contributed by atoms with Gasteiger partial charge in [-0.1, -0.05) is 26.0 Å². The second kappa shape index (κ2) is 7.64. The number of nitrogens with zero attached hydrogens (tertiary/aromatic N) is 1. The molecule has 0 aliphatic rings. The predicted octanol–water partition coefficient (Wildman–Crippen LogP) is 4.97. The molecule has 0 aliphatic heterocycles. The van der Waals surface area contributed by atoms with Gasteiger partial charge in [-0.3, -0.25) is 4.99 Å². The first kappa shape index (κ1) is 16.1. The first-order valence-electron chi connectivity index (χ1n) is 7.54. The molecule has 0 saturated heterocycles. The lowest BCUT2D eigenvalue weighted by molar-refractivity contribution is 0.394. The zero-order chi connectivity index (χ0) is 15.9. The molecule has 0 fully saturated rings. The minimum Gasteiger partial charge on any atom is -0.497 e. The maximum Gasteiger partial charge on any atom is 0.131 e. The Morgan fingerprint density at radius 3 is 2.36 bits per heavy atom. The largest absolute Gasteiger partial charge is 0.497 e. The summed E-state index contributed by atoms with van der Waals surface area (Å²) in [5, 5.41) is 0. The van der Waals surface area contributed by atoms with Crippen molar-refractivity contribution in [2.24, 2.45) is 4.99 Å². The van der Waals surface area contributed by atoms with Crippen LogP contribution >= 0.6 is 0 Å². The van der Waals surface area contributed by atoms with Gasteiger partial charge >= 0.3 is 0 Å². The van der Waals surface area contributed by atoms with E-state index in [2.05, 4.69) is 31.0 Å². The molecule has 0 spiro atoms. The molecular formula is C19H23NO2. The molecule has 2 aromatic rings. The van der Waals surface area contributed by atoms with Crippen LogP contribution in [0.4, 0.5) is 5.69 Å². The normalized spacial score (nSPS) is 12.4. The summed E-state index contributed by atoms with van der Waals surface area (Å²) in [5.74, 6) is 2.10. The van der Waals surface area contributed by atoms with Gasteiger partial charge in [0.15, 0.2) is 0 Å². The van der Waals surface area contributed by atoms with Crippen molar-refractivity contribution >= 4 is 11.9 Å². The summed E-state index contributed by atoms with van der Waals surface area (Å²) in [6, 6.07) is 14.1. The van der Waals surface area contributed by atoms with Crippen molar-refractivity contribution in [1.29, 1.82) is 0 Å². The van der Waals surface area contributed by atoms with Crippen molar-refractivity contribution in [3.8, 4) is 11.5 Å². The SMILES string of the molecule is CCC(C)c1ccc(N=Cc2ccc(OC)cc2OC)cc1. The second-order valence-corrected chi connectivity index (χ2v) is 5.27. The van der Waals surface area contributed by atoms with Crippen LogP contribution in [0.5, 0.6) is 11.5 Å². The third kappa shape index (κ3) is 3.88. The first-order valence-corrected chi connectivity index (χ1v) is 7.54. The molecule has 0 aliphatic carbocycles. The Balaban J connectivity index is 2.18. The molecule has 0 amide bonds. The van der Waals surface area contributed by atoms with Gasteiger partial charge in [0, 0.05) is 17.8 Å². The topological polar surface area (TPSA) is 30.8 Å². The van der Waals surface area contributed by atoms with E-state index in [-0.39, 0.29) is 0 Å². The van der Waals surface area contributed by atoms with Crippen LogP contribution in [0.1, 0.15) is 37.3 Å². The van der Waals surface area contributed by atoms with E-state index in [9.17, 15) is 0 Å². The third-order valence-electron chi connectivity index (χ3n) is 3.87. The summed E-state index contributed by atoms with van der Waals surface area (Å²) < 4.78 is 10.6. The maximum absolute atomic E-state index is 5.37. The van der Waals surface area contributed by atoms with Crippen molar-refractivity contribution in [2.75, 3.05) is 14.2 Å². The molecule has 0 aromatic heterocycles. The van der Waals surface area contributed by atoms with Crippen molar-refractivity contribution in [3.63, 3.8) is 0 Å². The number of ether oxygens (including phenoxy) is 2. The van der Waals surface area contributed by atoms with Crippen molar-refractivity contribution in [1.82, 2.24) is 0 Å². The fourth-order valence-corrected chi connectivity index (χ4v) is 2.19. The van der Waals surface area contributed by atoms with Crippen molar-refractivity contribution in [3.05, 3.63) is 53.6 Å². The predicted molar refractivity (Wildman–Crippen MR) is 91.9 cm³/mol. The zero-order valence-corrected chi connectivity index (χ0v) is 13.7. The lowest BCUT2D eigenvalue weighted by atomic mass is 9.99. The summed E-state index contributed by atoms with van der Waals surface area (Å²) in [7, 11) is 3.29. The number of benzene rings is 2. The Morgan fingerprint density at radius 1 is 1.05 bits per heavy atom. The number of methoxy groups -OCH3 is 2. The van der Waals surface area contributed by atoms with Gasteiger partial charge in [-0.2, -0.15) is 0 Å². The average Bonchev–Trinajstić information content (AvgIpc) is 2.59. The van der Waals surface area contributed by atoms with Crippen LogP contribution in [-0.2, 0) is 0 Å². The molecule has 0 radical (unpaired) electrons. The minimum absolute atomic E-state index is 0.583. The molecule has 1 atom stereocenters. The van der Waals surface area contributed by atoms with Gasteiger partial charge in [0.2, 0.25) is 0 Å². The summed E-state index contributed by atoms with van der Waals surface area (Å²) in [6.45, 7) is 4.44. The number of rotatable bonds is 6. The molecule has 0 heterocycles. The van der Waals surface area contributed by atoms with E-state index >= 15 is 0 Å². The minimum atomic E-state index is 0.583. The van der Waals surface area contributed by atoms with Crippen LogP contribution in [-0.4, -0.2) is 20.4 Å². The summed E-state index contributed by atoms with van der Waals surface area (Å²) >= 11 is 0. The second-order valence-electron chi connectivity index (χ2n) is 5.27. The smallest absolute Gasteiger partial charge is 0.131 e. The van der Waals surface area contributed by atoms with Crippen LogP contribution in [0.15, 0.2) is 47.5 Å². The summed E-state index contributed by atoms with van der Waals surface area (Å²) in [4.78, 5) is 4.52. The molecule has 2 rings (SSSR count). The highest BCUT2D eigenvalue weighted by Gasteiger charge is 2.04.